The number of hydrogen-bond acceptors (Lipinski definition) is 6. The van der Waals surface area contributed by atoms with Crippen LogP contribution in [0, 0.1) is 17.3 Å². The summed E-state index contributed by atoms with van der Waals surface area (Å²) in [5.74, 6) is 6.38. The lowest BCUT2D eigenvalue weighted by Gasteiger charge is -2.55. The van der Waals surface area contributed by atoms with Gasteiger partial charge < -0.3 is 24.2 Å². The number of amides is 2. The van der Waals surface area contributed by atoms with Crippen molar-refractivity contribution in [3.05, 3.63) is 71.0 Å². The topological polar surface area (TPSA) is 88.9 Å². The quantitative estimate of drug-likeness (QED) is 0.257. The fourth-order valence-corrected chi connectivity index (χ4v) is 4.81. The van der Waals surface area contributed by atoms with E-state index in [1.165, 1.54) is 12.1 Å². The molecule has 3 heterocycles. The SMILES string of the molecule is CC(C)(C)c1cc(NC(=O)Nc2ccc(C#Cc3ccc(OCCCN4CC5(COC5)C4)c(C(F)(F)F)c3)cc2)no1. The number of carbonyl (C=O) groups excluding carboxylic acids is 1. The summed E-state index contributed by atoms with van der Waals surface area (Å²) >= 11 is 0. The molecular formula is C31H33F3N4O4. The van der Waals surface area contributed by atoms with Gasteiger partial charge in [0.15, 0.2) is 5.82 Å². The smallest absolute Gasteiger partial charge is 0.420 e. The van der Waals surface area contributed by atoms with Crippen LogP contribution in [0.3, 0.4) is 0 Å². The van der Waals surface area contributed by atoms with Gasteiger partial charge in [-0.05, 0) is 48.9 Å². The van der Waals surface area contributed by atoms with Crippen molar-refractivity contribution in [2.24, 2.45) is 5.41 Å². The van der Waals surface area contributed by atoms with Crippen LogP contribution in [0.5, 0.6) is 5.75 Å². The number of nitrogens with zero attached hydrogens (tertiary/aromatic N) is 2. The van der Waals surface area contributed by atoms with Crippen molar-refractivity contribution in [3.8, 4) is 17.6 Å². The molecule has 2 N–H and O–H groups in total. The molecule has 2 aliphatic heterocycles. The number of rotatable bonds is 7. The minimum absolute atomic E-state index is 0.197. The first kappa shape index (κ1) is 29.5. The predicted octanol–water partition coefficient (Wildman–Crippen LogP) is 6.14. The molecule has 0 unspecified atom stereocenters. The molecule has 0 atom stereocenters. The summed E-state index contributed by atoms with van der Waals surface area (Å²) in [4.78, 5) is 14.6. The summed E-state index contributed by atoms with van der Waals surface area (Å²) in [5.41, 5.74) is 0.509. The molecule has 222 valence electrons. The zero-order valence-electron chi connectivity index (χ0n) is 23.7. The van der Waals surface area contributed by atoms with Crippen LogP contribution in [-0.2, 0) is 16.3 Å². The van der Waals surface area contributed by atoms with Gasteiger partial charge in [0.1, 0.15) is 11.5 Å². The number of carbonyl (C=O) groups is 1. The number of likely N-dealkylation sites (tertiary alicyclic amines) is 1. The number of alkyl halides is 3. The minimum atomic E-state index is -4.57. The van der Waals surface area contributed by atoms with Crippen molar-refractivity contribution in [1.82, 2.24) is 10.1 Å². The third-order valence-corrected chi connectivity index (χ3v) is 7.08. The summed E-state index contributed by atoms with van der Waals surface area (Å²) in [6, 6.07) is 11.6. The average Bonchev–Trinajstić information content (AvgIpc) is 3.35. The summed E-state index contributed by atoms with van der Waals surface area (Å²) in [6.07, 6.45) is -3.93. The van der Waals surface area contributed by atoms with E-state index in [2.05, 4.69) is 32.5 Å². The molecule has 3 aromatic rings. The van der Waals surface area contributed by atoms with E-state index in [0.717, 1.165) is 38.9 Å². The van der Waals surface area contributed by atoms with Crippen molar-refractivity contribution >= 4 is 17.5 Å². The summed E-state index contributed by atoms with van der Waals surface area (Å²) in [6.45, 7) is 10.4. The Balaban J connectivity index is 1.14. The van der Waals surface area contributed by atoms with E-state index in [-0.39, 0.29) is 23.3 Å². The van der Waals surface area contributed by atoms with Gasteiger partial charge in [-0.2, -0.15) is 13.2 Å². The molecule has 0 aliphatic carbocycles. The molecular weight excluding hydrogens is 549 g/mol. The monoisotopic (exact) mass is 582 g/mol. The molecule has 2 aromatic carbocycles. The van der Waals surface area contributed by atoms with Gasteiger partial charge in [0.05, 0.1) is 25.4 Å². The molecule has 2 fully saturated rings. The van der Waals surface area contributed by atoms with Gasteiger partial charge >= 0.3 is 12.2 Å². The zero-order valence-corrected chi connectivity index (χ0v) is 23.7. The fourth-order valence-electron chi connectivity index (χ4n) is 4.81. The van der Waals surface area contributed by atoms with Gasteiger partial charge in [0.25, 0.3) is 0 Å². The molecule has 2 amide bonds. The molecule has 2 aliphatic rings. The van der Waals surface area contributed by atoms with Crippen LogP contribution in [0.25, 0.3) is 0 Å². The summed E-state index contributed by atoms with van der Waals surface area (Å²) in [7, 11) is 0. The molecule has 1 spiro atoms. The number of aromatic nitrogens is 1. The van der Waals surface area contributed by atoms with Crippen molar-refractivity contribution < 1.29 is 32.0 Å². The predicted molar refractivity (Wildman–Crippen MR) is 152 cm³/mol. The van der Waals surface area contributed by atoms with Crippen LogP contribution in [0.2, 0.25) is 0 Å². The Morgan fingerprint density at radius 1 is 1.02 bits per heavy atom. The Labute approximate surface area is 242 Å². The third-order valence-electron chi connectivity index (χ3n) is 7.08. The summed E-state index contributed by atoms with van der Waals surface area (Å²) < 4.78 is 57.3. The van der Waals surface area contributed by atoms with Crippen LogP contribution >= 0.6 is 0 Å². The molecule has 2 saturated heterocycles. The molecule has 0 radical (unpaired) electrons. The maximum absolute atomic E-state index is 13.8. The standard InChI is InChI=1S/C31H33F3N4O4/c1-29(2,3)26-16-27(37-42-26)36-28(39)35-23-10-7-21(8-11-23)5-6-22-9-12-25(24(15-22)31(32,33)34)41-14-4-13-38-17-30(18-38)19-40-20-30/h7-12,15-16H,4,13-14,17-20H2,1-3H3,(H2,35,36,37,39). The molecule has 0 saturated carbocycles. The van der Waals surface area contributed by atoms with Crippen LogP contribution in [0.4, 0.5) is 29.5 Å². The molecule has 42 heavy (non-hydrogen) atoms. The average molecular weight is 583 g/mol. The highest BCUT2D eigenvalue weighted by atomic mass is 19.4. The van der Waals surface area contributed by atoms with E-state index < -0.39 is 17.8 Å². The lowest BCUT2D eigenvalue weighted by molar-refractivity contribution is -0.189. The second-order valence-electron chi connectivity index (χ2n) is 11.8. The van der Waals surface area contributed by atoms with E-state index in [1.54, 1.807) is 30.3 Å². The van der Waals surface area contributed by atoms with Crippen LogP contribution in [0.1, 0.15) is 49.6 Å². The highest BCUT2D eigenvalue weighted by Crippen LogP contribution is 2.38. The molecule has 0 bridgehead atoms. The number of nitrogens with one attached hydrogen (secondary N) is 2. The lowest BCUT2D eigenvalue weighted by Crippen LogP contribution is -2.65. The number of urea groups is 1. The molecule has 11 heteroatoms. The van der Waals surface area contributed by atoms with E-state index in [1.807, 2.05) is 20.8 Å². The maximum Gasteiger partial charge on any atom is 0.420 e. The number of ether oxygens (including phenoxy) is 2. The largest absolute Gasteiger partial charge is 0.493 e. The Bertz CT molecular complexity index is 1470. The first-order valence-electron chi connectivity index (χ1n) is 13.7. The molecule has 8 nitrogen and oxygen atoms in total. The Morgan fingerprint density at radius 3 is 2.33 bits per heavy atom. The van der Waals surface area contributed by atoms with Gasteiger partial charge in [-0.15, -0.1) is 0 Å². The first-order valence-corrected chi connectivity index (χ1v) is 13.7. The fraction of sp³-hybridized carbons (Fsp3) is 0.419. The maximum atomic E-state index is 13.8. The van der Waals surface area contributed by atoms with Gasteiger partial charge in [0, 0.05) is 53.3 Å². The first-order chi connectivity index (χ1) is 19.9. The zero-order chi connectivity index (χ0) is 30.0. The van der Waals surface area contributed by atoms with Crippen molar-refractivity contribution in [2.45, 2.75) is 38.8 Å². The second kappa shape index (κ2) is 11.7. The highest BCUT2D eigenvalue weighted by Gasteiger charge is 2.48. The Kier molecular flexibility index (Phi) is 8.21. The normalized spacial score (nSPS) is 16.1. The van der Waals surface area contributed by atoms with E-state index >= 15 is 0 Å². The van der Waals surface area contributed by atoms with Gasteiger partial charge in [-0.1, -0.05) is 37.8 Å². The van der Waals surface area contributed by atoms with E-state index in [9.17, 15) is 18.0 Å². The van der Waals surface area contributed by atoms with E-state index in [4.69, 9.17) is 14.0 Å². The Morgan fingerprint density at radius 2 is 1.71 bits per heavy atom. The van der Waals surface area contributed by atoms with Crippen LogP contribution in [0.15, 0.2) is 53.1 Å². The number of anilines is 2. The lowest BCUT2D eigenvalue weighted by atomic mass is 9.78. The number of benzene rings is 2. The number of hydrogen-bond donors (Lipinski definition) is 2. The van der Waals surface area contributed by atoms with Crippen molar-refractivity contribution in [1.29, 1.82) is 0 Å². The number of halogens is 3. The second-order valence-corrected chi connectivity index (χ2v) is 11.8. The van der Waals surface area contributed by atoms with Crippen molar-refractivity contribution in [2.75, 3.05) is 50.1 Å². The van der Waals surface area contributed by atoms with Crippen molar-refractivity contribution in [3.63, 3.8) is 0 Å². The van der Waals surface area contributed by atoms with Gasteiger partial charge in [-0.25, -0.2) is 4.79 Å². The van der Waals surface area contributed by atoms with Gasteiger partial charge in [0.2, 0.25) is 0 Å². The third kappa shape index (κ3) is 7.24. The minimum Gasteiger partial charge on any atom is -0.493 e. The van der Waals surface area contributed by atoms with Crippen LogP contribution < -0.4 is 15.4 Å². The Hall–Kier alpha value is -4.01. The molecule has 5 rings (SSSR count). The highest BCUT2D eigenvalue weighted by molar-refractivity contribution is 5.99. The van der Waals surface area contributed by atoms with Crippen LogP contribution in [-0.4, -0.2) is 55.5 Å². The summed E-state index contributed by atoms with van der Waals surface area (Å²) in [5, 5.41) is 9.14. The van der Waals surface area contributed by atoms with E-state index in [0.29, 0.717) is 34.7 Å². The molecule has 1 aromatic heterocycles. The van der Waals surface area contributed by atoms with Gasteiger partial charge in [-0.3, -0.25) is 5.32 Å².